The van der Waals surface area contributed by atoms with E-state index < -0.39 is 46.9 Å². The third-order valence-corrected chi connectivity index (χ3v) is 7.30. The van der Waals surface area contributed by atoms with Crippen molar-refractivity contribution in [3.05, 3.63) is 94.5 Å². The van der Waals surface area contributed by atoms with Gasteiger partial charge in [-0.15, -0.1) is 0 Å². The molecule has 3 aliphatic rings. The number of nitrogens with zero attached hydrogens (tertiary/aromatic N) is 1. The predicted molar refractivity (Wildman–Crippen MR) is 126 cm³/mol. The fourth-order valence-electron chi connectivity index (χ4n) is 5.52. The maximum absolute atomic E-state index is 13.9. The third-order valence-electron chi connectivity index (χ3n) is 7.04. The molecule has 2 heterocycles. The van der Waals surface area contributed by atoms with Gasteiger partial charge in [0.1, 0.15) is 5.75 Å². The Morgan fingerprint density at radius 2 is 1.43 bits per heavy atom. The largest absolute Gasteiger partial charge is 0.495 e. The highest BCUT2D eigenvalue weighted by Gasteiger charge is 2.74. The molecule has 35 heavy (non-hydrogen) atoms. The highest BCUT2D eigenvalue weighted by atomic mass is 35.5. The van der Waals surface area contributed by atoms with E-state index in [2.05, 4.69) is 0 Å². The lowest BCUT2D eigenvalue weighted by Gasteiger charge is -2.27. The zero-order valence-electron chi connectivity index (χ0n) is 18.4. The second-order valence-corrected chi connectivity index (χ2v) is 9.15. The van der Waals surface area contributed by atoms with Crippen molar-refractivity contribution < 1.29 is 28.7 Å². The predicted octanol–water partition coefficient (Wildman–Crippen LogP) is 4.04. The van der Waals surface area contributed by atoms with E-state index in [-0.39, 0.29) is 16.8 Å². The summed E-state index contributed by atoms with van der Waals surface area (Å²) in [4.78, 5) is 56.3. The molecule has 8 heteroatoms. The molecule has 3 atom stereocenters. The number of hydrogen-bond donors (Lipinski definition) is 0. The van der Waals surface area contributed by atoms with Crippen LogP contribution in [0.3, 0.4) is 0 Å². The number of ether oxygens (including phenoxy) is 2. The number of ketones is 2. The molecule has 3 aromatic carbocycles. The van der Waals surface area contributed by atoms with Crippen LogP contribution in [0.1, 0.15) is 32.4 Å². The molecular weight excluding hydrogens is 470 g/mol. The van der Waals surface area contributed by atoms with E-state index in [9.17, 15) is 19.2 Å². The van der Waals surface area contributed by atoms with Crippen molar-refractivity contribution in [3.8, 4) is 5.75 Å². The maximum Gasteiger partial charge on any atom is 0.241 e. The Morgan fingerprint density at radius 1 is 0.829 bits per heavy atom. The Morgan fingerprint density at radius 3 is 2.06 bits per heavy atom. The zero-order chi connectivity index (χ0) is 24.5. The molecule has 0 radical (unpaired) electrons. The minimum atomic E-state index is -2.12. The second-order valence-electron chi connectivity index (χ2n) is 8.72. The van der Waals surface area contributed by atoms with Crippen molar-refractivity contribution in [2.45, 2.75) is 11.7 Å². The first-order chi connectivity index (χ1) is 16.9. The van der Waals surface area contributed by atoms with Crippen LogP contribution in [-0.4, -0.2) is 36.1 Å². The molecule has 1 aliphatic carbocycles. The number of benzene rings is 3. The quantitative estimate of drug-likeness (QED) is 0.409. The standard InChI is InChI=1S/C27H18ClNO6/c1-34-19-9-5-4-8-18(19)29-25(32)20-21(26(29)33)27(35-22(20)14-10-12-15(28)13-11-14)23(30)16-6-2-3-7-17(16)24(27)31/h2-13,20-22H,1H3/t20-,21-,22-/m0/s1. The fraction of sp³-hybridized carbons (Fsp3) is 0.185. The lowest BCUT2D eigenvalue weighted by atomic mass is 9.77. The van der Waals surface area contributed by atoms with Crippen molar-refractivity contribution in [2.75, 3.05) is 12.0 Å². The van der Waals surface area contributed by atoms with Crippen LogP contribution in [0, 0.1) is 11.8 Å². The molecule has 2 aliphatic heterocycles. The highest BCUT2D eigenvalue weighted by Crippen LogP contribution is 2.58. The number of amides is 2. The summed E-state index contributed by atoms with van der Waals surface area (Å²) in [5, 5.41) is 0.475. The molecule has 2 fully saturated rings. The molecule has 0 aromatic heterocycles. The van der Waals surface area contributed by atoms with E-state index in [0.717, 1.165) is 4.90 Å². The summed E-state index contributed by atoms with van der Waals surface area (Å²) in [6, 6.07) is 19.6. The summed E-state index contributed by atoms with van der Waals surface area (Å²) in [6.45, 7) is 0. The summed E-state index contributed by atoms with van der Waals surface area (Å²) < 4.78 is 11.6. The van der Waals surface area contributed by atoms with Gasteiger partial charge in [0.15, 0.2) is 0 Å². The van der Waals surface area contributed by atoms with E-state index in [1.165, 1.54) is 19.2 Å². The minimum absolute atomic E-state index is 0.184. The Bertz CT molecular complexity index is 1400. The van der Waals surface area contributed by atoms with Gasteiger partial charge in [0.05, 0.1) is 30.7 Å². The summed E-state index contributed by atoms with van der Waals surface area (Å²) in [5.74, 6) is -4.53. The van der Waals surface area contributed by atoms with Gasteiger partial charge >= 0.3 is 0 Å². The molecule has 0 saturated carbocycles. The molecule has 3 aromatic rings. The summed E-state index contributed by atoms with van der Waals surface area (Å²) >= 11 is 6.05. The van der Waals surface area contributed by atoms with Gasteiger partial charge in [-0.25, -0.2) is 4.90 Å². The van der Waals surface area contributed by atoms with Crippen LogP contribution in [0.5, 0.6) is 5.75 Å². The molecular formula is C27H18ClNO6. The van der Waals surface area contributed by atoms with E-state index in [1.807, 2.05) is 0 Å². The number of imide groups is 1. The normalized spacial score (nSPS) is 24.3. The van der Waals surface area contributed by atoms with E-state index in [0.29, 0.717) is 16.3 Å². The molecule has 2 amide bonds. The number of methoxy groups -OCH3 is 1. The van der Waals surface area contributed by atoms with E-state index in [4.69, 9.17) is 21.1 Å². The molecule has 7 nitrogen and oxygen atoms in total. The third kappa shape index (κ3) is 2.76. The molecule has 2 saturated heterocycles. The van der Waals surface area contributed by atoms with Gasteiger partial charge in [0.2, 0.25) is 29.0 Å². The first-order valence-corrected chi connectivity index (χ1v) is 11.4. The number of rotatable bonds is 3. The number of fused-ring (bicyclic) bond motifs is 3. The van der Waals surface area contributed by atoms with Crippen LogP contribution in [0.15, 0.2) is 72.8 Å². The maximum atomic E-state index is 13.9. The number of carbonyl (C=O) groups is 4. The number of hydrogen-bond acceptors (Lipinski definition) is 6. The molecule has 1 spiro atoms. The number of Topliss-reactive ketones (excluding diaryl/α,β-unsaturated/α-hetero) is 2. The molecule has 6 rings (SSSR count). The Labute approximate surface area is 205 Å². The number of anilines is 1. The van der Waals surface area contributed by atoms with E-state index >= 15 is 0 Å². The van der Waals surface area contributed by atoms with Crippen LogP contribution < -0.4 is 9.64 Å². The smallest absolute Gasteiger partial charge is 0.241 e. The van der Waals surface area contributed by atoms with Crippen molar-refractivity contribution in [1.29, 1.82) is 0 Å². The summed E-state index contributed by atoms with van der Waals surface area (Å²) in [7, 11) is 1.44. The van der Waals surface area contributed by atoms with Crippen LogP contribution in [-0.2, 0) is 14.3 Å². The monoisotopic (exact) mass is 487 g/mol. The molecule has 0 N–H and O–H groups in total. The Hall–Kier alpha value is -3.81. The Balaban J connectivity index is 1.55. The first kappa shape index (κ1) is 21.7. The molecule has 174 valence electrons. The fourth-order valence-corrected chi connectivity index (χ4v) is 5.65. The van der Waals surface area contributed by atoms with Gasteiger partial charge in [-0.3, -0.25) is 19.2 Å². The summed E-state index contributed by atoms with van der Waals surface area (Å²) in [5.41, 5.74) is -0.962. The average molecular weight is 488 g/mol. The van der Waals surface area contributed by atoms with Crippen LogP contribution >= 0.6 is 11.6 Å². The van der Waals surface area contributed by atoms with Gasteiger partial charge < -0.3 is 9.47 Å². The van der Waals surface area contributed by atoms with Crippen LogP contribution in [0.4, 0.5) is 5.69 Å². The van der Waals surface area contributed by atoms with Crippen molar-refractivity contribution in [3.63, 3.8) is 0 Å². The van der Waals surface area contributed by atoms with Gasteiger partial charge in [0, 0.05) is 16.1 Å². The number of carbonyl (C=O) groups excluding carboxylic acids is 4. The number of halogens is 1. The van der Waals surface area contributed by atoms with Gasteiger partial charge in [0.25, 0.3) is 0 Å². The highest BCUT2D eigenvalue weighted by molar-refractivity contribution is 6.37. The Kier molecular flexibility index (Phi) is 4.71. The lowest BCUT2D eigenvalue weighted by molar-refractivity contribution is -0.127. The van der Waals surface area contributed by atoms with Crippen molar-refractivity contribution in [1.82, 2.24) is 0 Å². The van der Waals surface area contributed by atoms with Gasteiger partial charge in [-0.2, -0.15) is 0 Å². The van der Waals surface area contributed by atoms with Crippen LogP contribution in [0.2, 0.25) is 5.02 Å². The van der Waals surface area contributed by atoms with E-state index in [1.54, 1.807) is 60.7 Å². The topological polar surface area (TPSA) is 90.0 Å². The van der Waals surface area contributed by atoms with Gasteiger partial charge in [-0.1, -0.05) is 60.1 Å². The van der Waals surface area contributed by atoms with Crippen molar-refractivity contribution in [2.24, 2.45) is 11.8 Å². The zero-order valence-corrected chi connectivity index (χ0v) is 19.2. The molecule has 0 unspecified atom stereocenters. The van der Waals surface area contributed by atoms with Gasteiger partial charge in [-0.05, 0) is 29.8 Å². The minimum Gasteiger partial charge on any atom is -0.495 e. The second kappa shape index (κ2) is 7.60. The first-order valence-electron chi connectivity index (χ1n) is 11.0. The van der Waals surface area contributed by atoms with Crippen molar-refractivity contribution >= 4 is 40.7 Å². The average Bonchev–Trinajstić information content (AvgIpc) is 3.44. The molecule has 0 bridgehead atoms. The van der Waals surface area contributed by atoms with Crippen LogP contribution in [0.25, 0.3) is 0 Å². The number of para-hydroxylation sites is 2. The SMILES string of the molecule is COc1ccccc1N1C(=O)[C@H]2[C@@H](C1=O)C1(O[C@H]2c2ccc(Cl)cc2)C(=O)c2ccccc2C1=O. The summed E-state index contributed by atoms with van der Waals surface area (Å²) in [6.07, 6.45) is -1.00. The lowest BCUT2D eigenvalue weighted by Crippen LogP contribution is -2.51.